The molecule has 24 heavy (non-hydrogen) atoms. The lowest BCUT2D eigenvalue weighted by Crippen LogP contribution is -2.08. The summed E-state index contributed by atoms with van der Waals surface area (Å²) < 4.78 is 0. The second kappa shape index (κ2) is 7.41. The molecule has 3 aromatic rings. The van der Waals surface area contributed by atoms with Gasteiger partial charge >= 0.3 is 0 Å². The number of rotatable bonds is 5. The average Bonchev–Trinajstić information content (AvgIpc) is 2.62. The zero-order valence-corrected chi connectivity index (χ0v) is 15.0. The third kappa shape index (κ3) is 3.71. The van der Waals surface area contributed by atoms with Crippen LogP contribution in [0, 0.1) is 0 Å². The number of nitrogens with one attached hydrogen (secondary N) is 1. The van der Waals surface area contributed by atoms with Crippen LogP contribution in [0.3, 0.4) is 0 Å². The molecule has 1 heterocycles. The summed E-state index contributed by atoms with van der Waals surface area (Å²) in [4.78, 5) is 7.91. The van der Waals surface area contributed by atoms with Crippen LogP contribution in [0.25, 0.3) is 11.1 Å². The summed E-state index contributed by atoms with van der Waals surface area (Å²) in [6.07, 6.45) is 4.02. The minimum absolute atomic E-state index is 0.844. The first-order valence-corrected chi connectivity index (χ1v) is 9.04. The maximum atomic E-state index is 4.57. The first-order chi connectivity index (χ1) is 11.7. The molecule has 0 radical (unpaired) electrons. The van der Waals surface area contributed by atoms with Gasteiger partial charge in [0.25, 0.3) is 0 Å². The van der Waals surface area contributed by atoms with Crippen molar-refractivity contribution in [3.8, 4) is 11.1 Å². The van der Waals surface area contributed by atoms with Crippen molar-refractivity contribution in [2.45, 2.75) is 4.90 Å². The molecule has 0 aliphatic heterocycles. The fourth-order valence-corrected chi connectivity index (χ4v) is 3.14. The molecule has 0 aliphatic rings. The molecule has 0 saturated carbocycles. The first-order valence-electron chi connectivity index (χ1n) is 7.81. The summed E-state index contributed by atoms with van der Waals surface area (Å²) in [6.45, 7) is 0. The summed E-state index contributed by atoms with van der Waals surface area (Å²) in [5, 5.41) is 3.36. The highest BCUT2D eigenvalue weighted by atomic mass is 32.2. The van der Waals surface area contributed by atoms with Crippen molar-refractivity contribution in [2.24, 2.45) is 0 Å². The molecule has 0 amide bonds. The van der Waals surface area contributed by atoms with E-state index in [1.807, 2.05) is 38.5 Å². The van der Waals surface area contributed by atoms with Gasteiger partial charge in [-0.15, -0.1) is 11.8 Å². The van der Waals surface area contributed by atoms with Crippen molar-refractivity contribution in [1.29, 1.82) is 0 Å². The van der Waals surface area contributed by atoms with Gasteiger partial charge in [0.1, 0.15) is 5.82 Å². The van der Waals surface area contributed by atoms with Crippen LogP contribution in [0.1, 0.15) is 0 Å². The number of hydrogen-bond donors (Lipinski definition) is 1. The van der Waals surface area contributed by atoms with Crippen molar-refractivity contribution >= 4 is 29.0 Å². The van der Waals surface area contributed by atoms with Crippen LogP contribution in [-0.4, -0.2) is 25.3 Å². The van der Waals surface area contributed by atoms with Crippen LogP contribution in [0.4, 0.5) is 17.2 Å². The Hall–Kier alpha value is -2.46. The minimum atomic E-state index is 0.844. The van der Waals surface area contributed by atoms with Gasteiger partial charge in [0.05, 0.1) is 0 Å². The molecular weight excluding hydrogens is 314 g/mol. The van der Waals surface area contributed by atoms with E-state index in [1.165, 1.54) is 10.5 Å². The Kier molecular flexibility index (Phi) is 5.06. The van der Waals surface area contributed by atoms with Gasteiger partial charge in [-0.1, -0.05) is 24.3 Å². The second-order valence-electron chi connectivity index (χ2n) is 5.70. The summed E-state index contributed by atoms with van der Waals surface area (Å²) in [5.74, 6) is 0.844. The van der Waals surface area contributed by atoms with Crippen LogP contribution in [0.5, 0.6) is 0 Å². The van der Waals surface area contributed by atoms with Gasteiger partial charge < -0.3 is 10.2 Å². The van der Waals surface area contributed by atoms with Crippen LogP contribution < -0.4 is 10.2 Å². The van der Waals surface area contributed by atoms with E-state index >= 15 is 0 Å². The highest BCUT2D eigenvalue weighted by molar-refractivity contribution is 7.98. The van der Waals surface area contributed by atoms with E-state index in [0.717, 1.165) is 22.8 Å². The zero-order chi connectivity index (χ0) is 16.9. The van der Waals surface area contributed by atoms with Crippen molar-refractivity contribution in [3.05, 3.63) is 66.9 Å². The summed E-state index contributed by atoms with van der Waals surface area (Å²) >= 11 is 1.75. The number of benzene rings is 2. The Bertz CT molecular complexity index is 813. The normalized spacial score (nSPS) is 10.5. The van der Waals surface area contributed by atoms with Gasteiger partial charge in [-0.25, -0.2) is 4.98 Å². The molecule has 2 aromatic carbocycles. The molecule has 3 rings (SSSR count). The van der Waals surface area contributed by atoms with Crippen molar-refractivity contribution in [1.82, 2.24) is 4.98 Å². The van der Waals surface area contributed by atoms with E-state index in [1.54, 1.807) is 11.8 Å². The maximum Gasteiger partial charge on any atom is 0.130 e. The standard InChI is InChI=1S/C20H21N3S/c1-23(2)17-8-6-7-16(13-17)22-20-12-11-15(14-21-20)18-9-4-5-10-19(18)24-3/h4-14H,1-3H3,(H,21,22). The molecule has 1 aromatic heterocycles. The lowest BCUT2D eigenvalue weighted by Gasteiger charge is -2.14. The molecule has 0 fully saturated rings. The Balaban J connectivity index is 1.81. The first kappa shape index (κ1) is 16.4. The van der Waals surface area contributed by atoms with Crippen LogP contribution in [0.2, 0.25) is 0 Å². The van der Waals surface area contributed by atoms with Gasteiger partial charge in [0.2, 0.25) is 0 Å². The maximum absolute atomic E-state index is 4.57. The highest BCUT2D eigenvalue weighted by Gasteiger charge is 2.05. The summed E-state index contributed by atoms with van der Waals surface area (Å²) in [6, 6.07) is 20.8. The molecule has 0 aliphatic carbocycles. The average molecular weight is 335 g/mol. The Morgan fingerprint density at radius 2 is 1.79 bits per heavy atom. The molecule has 0 saturated heterocycles. The molecule has 0 atom stereocenters. The molecule has 0 unspecified atom stereocenters. The van der Waals surface area contributed by atoms with Crippen LogP contribution in [-0.2, 0) is 0 Å². The lowest BCUT2D eigenvalue weighted by molar-refractivity contribution is 1.13. The molecule has 1 N–H and O–H groups in total. The second-order valence-corrected chi connectivity index (χ2v) is 6.55. The van der Waals surface area contributed by atoms with E-state index in [4.69, 9.17) is 0 Å². The van der Waals surface area contributed by atoms with Crippen LogP contribution >= 0.6 is 11.8 Å². The van der Waals surface area contributed by atoms with Crippen molar-refractivity contribution in [2.75, 3.05) is 30.6 Å². The predicted molar refractivity (Wildman–Crippen MR) is 106 cm³/mol. The van der Waals surface area contributed by atoms with E-state index in [-0.39, 0.29) is 0 Å². The molecule has 4 heteroatoms. The number of aromatic nitrogens is 1. The zero-order valence-electron chi connectivity index (χ0n) is 14.2. The fourth-order valence-electron chi connectivity index (χ4n) is 2.52. The number of pyridine rings is 1. The van der Waals surface area contributed by atoms with E-state index in [9.17, 15) is 0 Å². The highest BCUT2D eigenvalue weighted by Crippen LogP contribution is 2.30. The Labute approximate surface area is 147 Å². The number of thioether (sulfide) groups is 1. The fraction of sp³-hybridized carbons (Fsp3) is 0.150. The Morgan fingerprint density at radius 3 is 2.50 bits per heavy atom. The van der Waals surface area contributed by atoms with E-state index < -0.39 is 0 Å². The van der Waals surface area contributed by atoms with Gasteiger partial charge in [-0.2, -0.15) is 0 Å². The third-order valence-corrected chi connectivity index (χ3v) is 4.61. The number of nitrogens with zero attached hydrogens (tertiary/aromatic N) is 2. The van der Waals surface area contributed by atoms with Gasteiger partial charge in [-0.05, 0) is 48.2 Å². The Morgan fingerprint density at radius 1 is 0.958 bits per heavy atom. The van der Waals surface area contributed by atoms with Gasteiger partial charge in [-0.3, -0.25) is 0 Å². The van der Waals surface area contributed by atoms with Gasteiger partial charge in [0.15, 0.2) is 0 Å². The largest absolute Gasteiger partial charge is 0.378 e. The van der Waals surface area contributed by atoms with Gasteiger partial charge in [0, 0.05) is 42.1 Å². The topological polar surface area (TPSA) is 28.2 Å². The molecule has 3 nitrogen and oxygen atoms in total. The lowest BCUT2D eigenvalue weighted by atomic mass is 10.1. The van der Waals surface area contributed by atoms with E-state index in [2.05, 4.69) is 63.9 Å². The summed E-state index contributed by atoms with van der Waals surface area (Å²) in [5.41, 5.74) is 4.54. The number of hydrogen-bond acceptors (Lipinski definition) is 4. The smallest absolute Gasteiger partial charge is 0.130 e. The van der Waals surface area contributed by atoms with Crippen LogP contribution in [0.15, 0.2) is 71.8 Å². The quantitative estimate of drug-likeness (QED) is 0.642. The summed E-state index contributed by atoms with van der Waals surface area (Å²) in [7, 11) is 4.07. The third-order valence-electron chi connectivity index (χ3n) is 3.82. The SMILES string of the molecule is CSc1ccccc1-c1ccc(Nc2cccc(N(C)C)c2)nc1. The minimum Gasteiger partial charge on any atom is -0.378 e. The molecule has 122 valence electrons. The molecular formula is C20H21N3S. The molecule has 0 bridgehead atoms. The predicted octanol–water partition coefficient (Wildman–Crippen LogP) is 5.28. The van der Waals surface area contributed by atoms with E-state index in [0.29, 0.717) is 0 Å². The number of anilines is 3. The van der Waals surface area contributed by atoms with Crippen molar-refractivity contribution in [3.63, 3.8) is 0 Å². The molecule has 0 spiro atoms. The van der Waals surface area contributed by atoms with Crippen molar-refractivity contribution < 1.29 is 0 Å². The monoisotopic (exact) mass is 335 g/mol.